The molecule has 0 bridgehead atoms. The van der Waals surface area contributed by atoms with E-state index in [1.165, 1.54) is 30.3 Å². The number of imide groups is 1. The molecule has 0 saturated carbocycles. The molecule has 1 aliphatic carbocycles. The summed E-state index contributed by atoms with van der Waals surface area (Å²) in [6, 6.07) is 7.98. The maximum Gasteiger partial charge on any atom is 0.416 e. The minimum absolute atomic E-state index is 0.0853. The minimum atomic E-state index is -4.70. The quantitative estimate of drug-likeness (QED) is 0.579. The van der Waals surface area contributed by atoms with Gasteiger partial charge in [-0.1, -0.05) is 18.2 Å². The molecule has 208 valence electrons. The number of urea groups is 2. The van der Waals surface area contributed by atoms with Crippen molar-refractivity contribution in [3.63, 3.8) is 0 Å². The number of nitrogens with zero attached hydrogens (tertiary/aromatic N) is 3. The second-order valence-electron chi connectivity index (χ2n) is 9.86. The van der Waals surface area contributed by atoms with Gasteiger partial charge in [-0.25, -0.2) is 22.9 Å². The lowest BCUT2D eigenvalue weighted by molar-refractivity contribution is -0.137. The van der Waals surface area contributed by atoms with Crippen LogP contribution in [0.3, 0.4) is 0 Å². The van der Waals surface area contributed by atoms with E-state index in [1.807, 2.05) is 6.07 Å². The van der Waals surface area contributed by atoms with E-state index in [0.29, 0.717) is 17.5 Å². The summed E-state index contributed by atoms with van der Waals surface area (Å²) in [7, 11) is -3.39. The topological polar surface area (TPSA) is 128 Å². The minimum Gasteiger partial charge on any atom is -0.334 e. The molecule has 3 aliphatic rings. The fourth-order valence-corrected chi connectivity index (χ4v) is 7.03. The van der Waals surface area contributed by atoms with Gasteiger partial charge >= 0.3 is 18.2 Å². The number of halogens is 3. The average molecular weight is 573 g/mol. The number of carbonyl (C=O) groups excluding carboxylic acids is 3. The molecule has 2 atom stereocenters. The molecule has 0 radical (unpaired) electrons. The van der Waals surface area contributed by atoms with E-state index < -0.39 is 45.7 Å². The van der Waals surface area contributed by atoms with E-state index >= 15 is 0 Å². The first-order valence-electron chi connectivity index (χ1n) is 12.5. The van der Waals surface area contributed by atoms with E-state index in [0.717, 1.165) is 28.0 Å². The van der Waals surface area contributed by atoms with Gasteiger partial charge in [-0.15, -0.1) is 0 Å². The Morgan fingerprint density at radius 3 is 2.42 bits per heavy atom. The fourth-order valence-electron chi connectivity index (χ4n) is 5.35. The Hall–Kier alpha value is -4.18. The third-order valence-electron chi connectivity index (χ3n) is 7.19. The van der Waals surface area contributed by atoms with Crippen LogP contribution in [-0.4, -0.2) is 48.7 Å². The smallest absolute Gasteiger partial charge is 0.334 e. The van der Waals surface area contributed by atoms with Crippen molar-refractivity contribution in [2.75, 3.05) is 16.4 Å². The third kappa shape index (κ3) is 5.06. The third-order valence-corrected chi connectivity index (χ3v) is 8.96. The van der Waals surface area contributed by atoms with Crippen molar-refractivity contribution in [2.24, 2.45) is 0 Å². The van der Waals surface area contributed by atoms with Gasteiger partial charge in [0.25, 0.3) is 0 Å². The van der Waals surface area contributed by atoms with Crippen LogP contribution < -0.4 is 10.2 Å². The van der Waals surface area contributed by atoms with Crippen LogP contribution in [0.15, 0.2) is 59.8 Å². The number of benzene rings is 2. The van der Waals surface area contributed by atoms with Crippen LogP contribution in [-0.2, 0) is 20.8 Å². The molecule has 2 unspecified atom stereocenters. The van der Waals surface area contributed by atoms with E-state index in [9.17, 15) is 41.2 Å². The van der Waals surface area contributed by atoms with Gasteiger partial charge in [0.05, 0.1) is 40.4 Å². The lowest BCUT2D eigenvalue weighted by Crippen LogP contribution is -2.58. The summed E-state index contributed by atoms with van der Waals surface area (Å²) in [5.41, 5.74) is -0.254. The van der Waals surface area contributed by atoms with E-state index in [-0.39, 0.29) is 53.5 Å². The summed E-state index contributed by atoms with van der Waals surface area (Å²) >= 11 is 0. The second kappa shape index (κ2) is 10.1. The van der Waals surface area contributed by atoms with Gasteiger partial charge in [-0.05, 0) is 55.2 Å². The number of sulfone groups is 1. The Morgan fingerprint density at radius 2 is 1.80 bits per heavy atom. The Labute approximate surface area is 227 Å². The number of alkyl halides is 3. The molecule has 2 heterocycles. The van der Waals surface area contributed by atoms with Crippen molar-refractivity contribution in [2.45, 2.75) is 43.9 Å². The summed E-state index contributed by atoms with van der Waals surface area (Å²) < 4.78 is 64.6. The summed E-state index contributed by atoms with van der Waals surface area (Å²) in [5, 5.41) is 11.8. The molecule has 5 rings (SSSR count). The first-order valence-corrected chi connectivity index (χ1v) is 14.3. The first kappa shape index (κ1) is 27.4. The summed E-state index contributed by atoms with van der Waals surface area (Å²) in [5.74, 6) is -0.844. The van der Waals surface area contributed by atoms with Crippen molar-refractivity contribution >= 4 is 33.4 Å². The number of rotatable bonds is 3. The lowest BCUT2D eigenvalue weighted by atomic mass is 9.83. The van der Waals surface area contributed by atoms with Crippen LogP contribution in [0.4, 0.5) is 28.4 Å². The van der Waals surface area contributed by atoms with Gasteiger partial charge in [0.2, 0.25) is 0 Å². The molecule has 40 heavy (non-hydrogen) atoms. The first-order chi connectivity index (χ1) is 18.9. The highest BCUT2D eigenvalue weighted by atomic mass is 32.2. The number of hydrogen-bond donors (Lipinski definition) is 1. The van der Waals surface area contributed by atoms with Gasteiger partial charge in [-0.3, -0.25) is 9.69 Å². The van der Waals surface area contributed by atoms with Crippen LogP contribution in [0.5, 0.6) is 0 Å². The molecule has 2 aromatic carbocycles. The molecule has 2 aromatic rings. The standard InChI is InChI=1S/C27H23F3N4O5S/c28-27(29,30)18-3-1-4-20(13-18)33-21-5-2-6-22(35)23(21)24(17-9-7-16(14-31)8-10-17)34(26(33)37)25(36)32-19-11-12-40(38,39)15-19/h1,3-4,7-10,13,19,24H,2,5-6,11-12,15H2,(H,32,36). The van der Waals surface area contributed by atoms with Gasteiger partial charge in [0.15, 0.2) is 15.6 Å². The molecule has 9 nitrogen and oxygen atoms in total. The Balaban J connectivity index is 1.67. The lowest BCUT2D eigenvalue weighted by Gasteiger charge is -2.44. The molecule has 1 N–H and O–H groups in total. The highest BCUT2D eigenvalue weighted by molar-refractivity contribution is 7.91. The van der Waals surface area contributed by atoms with Crippen LogP contribution in [0.25, 0.3) is 0 Å². The van der Waals surface area contributed by atoms with Crippen molar-refractivity contribution < 1.29 is 36.0 Å². The number of allylic oxidation sites excluding steroid dienone is 1. The van der Waals surface area contributed by atoms with Crippen molar-refractivity contribution in [1.29, 1.82) is 5.26 Å². The predicted octanol–water partition coefficient (Wildman–Crippen LogP) is 4.46. The number of carbonyl (C=O) groups is 3. The highest BCUT2D eigenvalue weighted by Crippen LogP contribution is 2.45. The maximum atomic E-state index is 14.1. The van der Waals surface area contributed by atoms with Gasteiger partial charge in [0, 0.05) is 23.7 Å². The Morgan fingerprint density at radius 1 is 1.07 bits per heavy atom. The molecule has 1 fully saturated rings. The SMILES string of the molecule is N#Cc1ccc(C2C3=C(CCCC3=O)N(c3cccc(C(F)(F)F)c3)C(=O)N2C(=O)NC2CCS(=O)(=O)C2)cc1. The fraction of sp³-hybridized carbons (Fsp3) is 0.333. The number of anilines is 1. The largest absolute Gasteiger partial charge is 0.416 e. The monoisotopic (exact) mass is 572 g/mol. The molecule has 0 spiro atoms. The van der Waals surface area contributed by atoms with Crippen molar-refractivity contribution in [3.8, 4) is 6.07 Å². The molecule has 1 saturated heterocycles. The van der Waals surface area contributed by atoms with Crippen LogP contribution in [0.1, 0.15) is 48.4 Å². The van der Waals surface area contributed by atoms with Crippen molar-refractivity contribution in [1.82, 2.24) is 10.2 Å². The van der Waals surface area contributed by atoms with Crippen LogP contribution in [0.2, 0.25) is 0 Å². The molecular formula is C27H23F3N4O5S. The number of ketones is 1. The highest BCUT2D eigenvalue weighted by Gasteiger charge is 2.48. The normalized spacial score (nSPS) is 22.6. The molecular weight excluding hydrogens is 549 g/mol. The number of nitriles is 1. The predicted molar refractivity (Wildman–Crippen MR) is 137 cm³/mol. The summed E-state index contributed by atoms with van der Waals surface area (Å²) in [4.78, 5) is 42.9. The number of nitrogens with one attached hydrogen (secondary N) is 1. The number of hydrogen-bond acceptors (Lipinski definition) is 6. The Bertz CT molecular complexity index is 1580. The van der Waals surface area contributed by atoms with E-state index in [4.69, 9.17) is 0 Å². The molecule has 4 amide bonds. The van der Waals surface area contributed by atoms with E-state index in [2.05, 4.69) is 5.32 Å². The number of amides is 4. The van der Waals surface area contributed by atoms with Gasteiger partial charge in [0.1, 0.15) is 0 Å². The zero-order chi connectivity index (χ0) is 28.8. The zero-order valence-electron chi connectivity index (χ0n) is 20.9. The summed E-state index contributed by atoms with van der Waals surface area (Å²) in [6.45, 7) is 0. The zero-order valence-corrected chi connectivity index (χ0v) is 21.8. The van der Waals surface area contributed by atoms with Gasteiger partial charge < -0.3 is 5.32 Å². The Kier molecular flexibility index (Phi) is 6.91. The molecule has 2 aliphatic heterocycles. The summed E-state index contributed by atoms with van der Waals surface area (Å²) in [6.07, 6.45) is -3.92. The molecule has 13 heteroatoms. The van der Waals surface area contributed by atoms with Crippen LogP contribution >= 0.6 is 0 Å². The second-order valence-corrected chi connectivity index (χ2v) is 12.1. The van der Waals surface area contributed by atoms with Crippen molar-refractivity contribution in [3.05, 3.63) is 76.5 Å². The van der Waals surface area contributed by atoms with Crippen LogP contribution in [0, 0.1) is 11.3 Å². The molecule has 0 aromatic heterocycles. The average Bonchev–Trinajstić information content (AvgIpc) is 3.25. The van der Waals surface area contributed by atoms with Gasteiger partial charge in [-0.2, -0.15) is 18.4 Å². The maximum absolute atomic E-state index is 14.1. The number of Topliss-reactive ketones (excluding diaryl/α,β-unsaturated/α-hetero) is 1. The van der Waals surface area contributed by atoms with E-state index in [1.54, 1.807) is 0 Å².